The number of nitrogens with zero attached hydrogens (tertiary/aromatic N) is 1. The molecule has 1 aromatic rings. The Morgan fingerprint density at radius 2 is 1.75 bits per heavy atom. The maximum absolute atomic E-state index is 13.0. The molecule has 0 fully saturated rings. The molecule has 1 aromatic carbocycles. The van der Waals surface area contributed by atoms with Gasteiger partial charge in [0.25, 0.3) is 5.91 Å². The normalized spacial score (nSPS) is 18.5. The Labute approximate surface area is 167 Å². The van der Waals surface area contributed by atoms with Crippen molar-refractivity contribution in [1.29, 1.82) is 0 Å². The van der Waals surface area contributed by atoms with Gasteiger partial charge in [-0.1, -0.05) is 24.3 Å². The summed E-state index contributed by atoms with van der Waals surface area (Å²) >= 11 is 0. The van der Waals surface area contributed by atoms with Crippen molar-refractivity contribution in [1.82, 2.24) is 4.90 Å². The van der Waals surface area contributed by atoms with E-state index in [-0.39, 0.29) is 17.7 Å². The lowest BCUT2D eigenvalue weighted by atomic mass is 9.80. The lowest BCUT2D eigenvalue weighted by Crippen LogP contribution is -2.48. The Kier molecular flexibility index (Phi) is 6.82. The Bertz CT molecular complexity index is 746. The van der Waals surface area contributed by atoms with Gasteiger partial charge in [0.15, 0.2) is 0 Å². The standard InChI is InChI=1S/C21H29NO5Si/c1-4-25-28(26-5-2,27-6-3)15-9-14-22-20(23)17-12-7-10-16-11-8-13-18(19(16)17)21(22)24/h7-8,10,12-13,18H,4-6,9,11,14-15H2,1-3H3. The highest BCUT2D eigenvalue weighted by molar-refractivity contribution is 6.60. The summed E-state index contributed by atoms with van der Waals surface area (Å²) in [4.78, 5) is 27.4. The van der Waals surface area contributed by atoms with Crippen molar-refractivity contribution in [2.75, 3.05) is 26.4 Å². The minimum atomic E-state index is -2.78. The summed E-state index contributed by atoms with van der Waals surface area (Å²) in [6.45, 7) is 7.63. The van der Waals surface area contributed by atoms with Gasteiger partial charge in [0, 0.05) is 38.0 Å². The molecule has 0 saturated heterocycles. The Hall–Kier alpha value is -1.80. The quantitative estimate of drug-likeness (QED) is 0.341. The van der Waals surface area contributed by atoms with E-state index in [0.717, 1.165) is 17.5 Å². The van der Waals surface area contributed by atoms with Crippen molar-refractivity contribution < 1.29 is 22.9 Å². The van der Waals surface area contributed by atoms with Gasteiger partial charge in [-0.2, -0.15) is 0 Å². The number of carbonyl (C=O) groups excluding carboxylic acids is 2. The van der Waals surface area contributed by atoms with Gasteiger partial charge in [0.05, 0.1) is 5.92 Å². The summed E-state index contributed by atoms with van der Waals surface area (Å²) in [5.41, 5.74) is 2.61. The van der Waals surface area contributed by atoms with Gasteiger partial charge >= 0.3 is 8.80 Å². The van der Waals surface area contributed by atoms with Crippen molar-refractivity contribution in [3.8, 4) is 0 Å². The van der Waals surface area contributed by atoms with Crippen LogP contribution in [0.4, 0.5) is 0 Å². The van der Waals surface area contributed by atoms with Gasteiger partial charge in [0.1, 0.15) is 0 Å². The van der Waals surface area contributed by atoms with Crippen molar-refractivity contribution in [3.05, 3.63) is 47.0 Å². The topological polar surface area (TPSA) is 65.1 Å². The molecule has 7 heteroatoms. The van der Waals surface area contributed by atoms with E-state index in [4.69, 9.17) is 13.3 Å². The van der Waals surface area contributed by atoms with Crippen LogP contribution in [0.3, 0.4) is 0 Å². The van der Waals surface area contributed by atoms with Crippen LogP contribution in [0, 0.1) is 0 Å². The highest BCUT2D eigenvalue weighted by Gasteiger charge is 2.42. The van der Waals surface area contributed by atoms with E-state index in [1.165, 1.54) is 4.90 Å². The molecule has 1 unspecified atom stereocenters. The van der Waals surface area contributed by atoms with Gasteiger partial charge in [-0.25, -0.2) is 0 Å². The lowest BCUT2D eigenvalue weighted by Gasteiger charge is -2.35. The first-order chi connectivity index (χ1) is 13.6. The van der Waals surface area contributed by atoms with Crippen LogP contribution in [0.2, 0.25) is 6.04 Å². The molecule has 1 aliphatic heterocycles. The second-order valence-electron chi connectivity index (χ2n) is 6.87. The third kappa shape index (κ3) is 3.98. The molecule has 28 heavy (non-hydrogen) atoms. The molecule has 1 atom stereocenters. The third-order valence-corrected chi connectivity index (χ3v) is 8.29. The second-order valence-corrected chi connectivity index (χ2v) is 9.60. The fourth-order valence-corrected chi connectivity index (χ4v) is 6.65. The van der Waals surface area contributed by atoms with E-state index in [0.29, 0.717) is 44.4 Å². The molecule has 2 aliphatic rings. The number of rotatable bonds is 10. The molecule has 1 heterocycles. The summed E-state index contributed by atoms with van der Waals surface area (Å²) in [7, 11) is -2.78. The summed E-state index contributed by atoms with van der Waals surface area (Å²) in [6, 6.07) is 6.30. The van der Waals surface area contributed by atoms with Crippen LogP contribution in [0.25, 0.3) is 0 Å². The second kappa shape index (κ2) is 9.13. The number of carbonyl (C=O) groups is 2. The minimum absolute atomic E-state index is 0.141. The van der Waals surface area contributed by atoms with Gasteiger partial charge in [-0.15, -0.1) is 0 Å². The van der Waals surface area contributed by atoms with Crippen LogP contribution >= 0.6 is 0 Å². The van der Waals surface area contributed by atoms with Crippen molar-refractivity contribution in [3.63, 3.8) is 0 Å². The first kappa shape index (κ1) is 20.9. The summed E-state index contributed by atoms with van der Waals surface area (Å²) < 4.78 is 17.6. The molecule has 0 N–H and O–H groups in total. The molecule has 0 saturated carbocycles. The smallest absolute Gasteiger partial charge is 0.374 e. The van der Waals surface area contributed by atoms with E-state index < -0.39 is 8.80 Å². The Morgan fingerprint density at radius 1 is 1.07 bits per heavy atom. The molecule has 0 aromatic heterocycles. The summed E-state index contributed by atoms with van der Waals surface area (Å²) in [5.74, 6) is -0.701. The van der Waals surface area contributed by atoms with Crippen LogP contribution in [0.1, 0.15) is 54.6 Å². The Balaban J connectivity index is 1.75. The van der Waals surface area contributed by atoms with Crippen LogP contribution in [0.15, 0.2) is 30.4 Å². The van der Waals surface area contributed by atoms with Crippen molar-refractivity contribution in [2.24, 2.45) is 0 Å². The van der Waals surface area contributed by atoms with Crippen LogP contribution in [-0.2, 0) is 24.5 Å². The zero-order valence-corrected chi connectivity index (χ0v) is 17.9. The van der Waals surface area contributed by atoms with E-state index in [9.17, 15) is 9.59 Å². The number of allylic oxidation sites excluding steroid dienone is 1. The fourth-order valence-electron chi connectivity index (χ4n) is 4.06. The minimum Gasteiger partial charge on any atom is -0.374 e. The highest BCUT2D eigenvalue weighted by Crippen LogP contribution is 2.36. The molecule has 3 rings (SSSR count). The average molecular weight is 404 g/mol. The van der Waals surface area contributed by atoms with E-state index in [2.05, 4.69) is 0 Å². The molecule has 1 aliphatic carbocycles. The van der Waals surface area contributed by atoms with Crippen molar-refractivity contribution in [2.45, 2.75) is 45.6 Å². The molecule has 0 radical (unpaired) electrons. The van der Waals surface area contributed by atoms with Crippen molar-refractivity contribution >= 4 is 20.6 Å². The summed E-state index contributed by atoms with van der Waals surface area (Å²) in [6.07, 6.45) is 5.30. The first-order valence-corrected chi connectivity index (χ1v) is 12.1. The zero-order valence-electron chi connectivity index (χ0n) is 16.9. The van der Waals surface area contributed by atoms with E-state index >= 15 is 0 Å². The van der Waals surface area contributed by atoms with Crippen LogP contribution in [0.5, 0.6) is 0 Å². The number of hydrogen-bond donors (Lipinski definition) is 0. The maximum Gasteiger partial charge on any atom is 0.500 e. The zero-order chi connectivity index (χ0) is 20.1. The summed E-state index contributed by atoms with van der Waals surface area (Å²) in [5, 5.41) is 0. The molecular weight excluding hydrogens is 374 g/mol. The predicted molar refractivity (Wildman–Crippen MR) is 108 cm³/mol. The van der Waals surface area contributed by atoms with Crippen LogP contribution in [-0.4, -0.2) is 51.9 Å². The predicted octanol–water partition coefficient (Wildman–Crippen LogP) is 3.30. The van der Waals surface area contributed by atoms with E-state index in [1.807, 2.05) is 51.1 Å². The maximum atomic E-state index is 13.0. The Morgan fingerprint density at radius 3 is 2.39 bits per heavy atom. The highest BCUT2D eigenvalue weighted by atomic mass is 28.4. The van der Waals surface area contributed by atoms with Gasteiger partial charge in [-0.3, -0.25) is 14.5 Å². The molecular formula is C21H29NO5Si. The number of hydrogen-bond acceptors (Lipinski definition) is 5. The monoisotopic (exact) mass is 403 g/mol. The number of imide groups is 1. The molecule has 0 spiro atoms. The van der Waals surface area contributed by atoms with E-state index in [1.54, 1.807) is 0 Å². The average Bonchev–Trinajstić information content (AvgIpc) is 2.69. The number of amides is 2. The fraction of sp³-hybridized carbons (Fsp3) is 0.524. The SMILES string of the molecule is CCO[Si](CCCN1C(=O)c2cccc3c2C(C=CC3)C1=O)(OCC)OCC. The molecule has 152 valence electrons. The molecule has 2 amide bonds. The van der Waals surface area contributed by atoms with Crippen LogP contribution < -0.4 is 0 Å². The first-order valence-electron chi connectivity index (χ1n) is 10.1. The third-order valence-electron chi connectivity index (χ3n) is 5.14. The molecule has 0 bridgehead atoms. The number of benzene rings is 1. The largest absolute Gasteiger partial charge is 0.500 e. The van der Waals surface area contributed by atoms with Gasteiger partial charge in [0.2, 0.25) is 5.91 Å². The van der Waals surface area contributed by atoms with Gasteiger partial charge < -0.3 is 13.3 Å². The lowest BCUT2D eigenvalue weighted by molar-refractivity contribution is -0.129. The molecule has 6 nitrogen and oxygen atoms in total. The van der Waals surface area contributed by atoms with Gasteiger partial charge in [-0.05, 0) is 50.8 Å².